The Bertz CT molecular complexity index is 501. The molecule has 0 N–H and O–H groups in total. The summed E-state index contributed by atoms with van der Waals surface area (Å²) in [4.78, 5) is 10.8. The first-order chi connectivity index (χ1) is 8.82. The molecule has 1 aromatic rings. The van der Waals surface area contributed by atoms with Crippen molar-refractivity contribution in [2.75, 3.05) is 0 Å². The molecular weight excluding hydrogens is 252 g/mol. The molecule has 1 atom stereocenters. The van der Waals surface area contributed by atoms with Gasteiger partial charge in [-0.2, -0.15) is 0 Å². The van der Waals surface area contributed by atoms with E-state index in [1.807, 2.05) is 24.3 Å². The van der Waals surface area contributed by atoms with Crippen LogP contribution in [0.15, 0.2) is 30.3 Å². The van der Waals surface area contributed by atoms with Crippen LogP contribution in [0.4, 0.5) is 0 Å². The Morgan fingerprint density at radius 3 is 2.32 bits per heavy atom. The molecule has 100 valence electrons. The van der Waals surface area contributed by atoms with E-state index in [2.05, 4.69) is 25.6 Å². The van der Waals surface area contributed by atoms with E-state index in [1.165, 1.54) is 6.92 Å². The highest BCUT2D eigenvalue weighted by atomic mass is 28.3. The normalized spacial score (nSPS) is 13.0. The third kappa shape index (κ3) is 5.15. The van der Waals surface area contributed by atoms with Gasteiger partial charge in [0.25, 0.3) is 0 Å². The van der Waals surface area contributed by atoms with Crippen molar-refractivity contribution in [3.8, 4) is 18.1 Å². The minimum absolute atomic E-state index is 0.0338. The summed E-state index contributed by atoms with van der Waals surface area (Å²) >= 11 is 0. The van der Waals surface area contributed by atoms with Gasteiger partial charge in [0.05, 0.1) is 0 Å². The number of carbonyl (C=O) groups excluding carboxylic acids is 1. The van der Waals surface area contributed by atoms with Gasteiger partial charge in [0.1, 0.15) is 19.6 Å². The molecule has 0 bridgehead atoms. The van der Waals surface area contributed by atoms with Gasteiger partial charge in [-0.05, 0) is 30.7 Å². The molecule has 0 aliphatic rings. The Morgan fingerprint density at radius 1 is 1.32 bits per heavy atom. The lowest BCUT2D eigenvalue weighted by atomic mass is 10.2. The zero-order valence-electron chi connectivity index (χ0n) is 11.9. The number of rotatable bonds is 5. The fourth-order valence-electron chi connectivity index (χ4n) is 1.47. The number of allylic oxidation sites excluding steroid dienone is 1. The minimum Gasteiger partial charge on any atom is -0.482 e. The van der Waals surface area contributed by atoms with Crippen molar-refractivity contribution in [2.45, 2.75) is 32.3 Å². The minimum atomic E-state index is -1.53. The Balaban J connectivity index is 2.77. The van der Waals surface area contributed by atoms with Crippen molar-refractivity contribution in [1.29, 1.82) is 0 Å². The second-order valence-electron chi connectivity index (χ2n) is 5.54. The predicted molar refractivity (Wildman–Crippen MR) is 82.8 cm³/mol. The average molecular weight is 272 g/mol. The molecule has 0 heterocycles. The molecule has 0 radical (unpaired) electrons. The van der Waals surface area contributed by atoms with Gasteiger partial charge in [-0.3, -0.25) is 4.79 Å². The van der Waals surface area contributed by atoms with Crippen LogP contribution in [0.25, 0.3) is 6.08 Å². The Morgan fingerprint density at radius 2 is 1.89 bits per heavy atom. The van der Waals surface area contributed by atoms with E-state index in [0.717, 1.165) is 11.3 Å². The highest BCUT2D eigenvalue weighted by Gasteiger charge is 2.26. The van der Waals surface area contributed by atoms with Crippen LogP contribution in [0.2, 0.25) is 19.6 Å². The summed E-state index contributed by atoms with van der Waals surface area (Å²) in [5.41, 5.74) is 0.832. The maximum Gasteiger partial charge on any atom is 0.152 e. The summed E-state index contributed by atoms with van der Waals surface area (Å²) in [7, 11) is -1.53. The number of terminal acetylenes is 1. The van der Waals surface area contributed by atoms with Crippen LogP contribution in [0.3, 0.4) is 0 Å². The topological polar surface area (TPSA) is 26.3 Å². The van der Waals surface area contributed by atoms with E-state index in [0.29, 0.717) is 0 Å². The lowest BCUT2D eigenvalue weighted by Crippen LogP contribution is -2.41. The fourth-order valence-corrected chi connectivity index (χ4v) is 2.46. The zero-order chi connectivity index (χ0) is 14.5. The Hall–Kier alpha value is -1.79. The predicted octanol–water partition coefficient (Wildman–Crippen LogP) is 3.55. The highest BCUT2D eigenvalue weighted by molar-refractivity contribution is 6.78. The van der Waals surface area contributed by atoms with Gasteiger partial charge < -0.3 is 4.74 Å². The van der Waals surface area contributed by atoms with Gasteiger partial charge >= 0.3 is 0 Å². The molecule has 0 saturated carbocycles. The third-order valence-corrected chi connectivity index (χ3v) is 4.44. The molecule has 0 fully saturated rings. The quantitative estimate of drug-likeness (QED) is 0.465. The van der Waals surface area contributed by atoms with E-state index in [1.54, 1.807) is 12.2 Å². The largest absolute Gasteiger partial charge is 0.482 e. The molecule has 0 aliphatic heterocycles. The van der Waals surface area contributed by atoms with Crippen LogP contribution < -0.4 is 4.74 Å². The van der Waals surface area contributed by atoms with E-state index >= 15 is 0 Å². The van der Waals surface area contributed by atoms with Gasteiger partial charge in [0, 0.05) is 0 Å². The van der Waals surface area contributed by atoms with Crippen LogP contribution in [0.1, 0.15) is 12.5 Å². The van der Waals surface area contributed by atoms with Gasteiger partial charge in [-0.25, -0.2) is 0 Å². The summed E-state index contributed by atoms with van der Waals surface area (Å²) < 4.78 is 5.84. The van der Waals surface area contributed by atoms with Crippen LogP contribution >= 0.6 is 0 Å². The van der Waals surface area contributed by atoms with Crippen molar-refractivity contribution in [2.24, 2.45) is 0 Å². The molecule has 2 nitrogen and oxygen atoms in total. The molecule has 1 unspecified atom stereocenters. The Kier molecular flexibility index (Phi) is 5.14. The standard InChI is InChI=1S/C16H20O2Si/c1-6-16(19(3,4)5)18-15-11-9-14(10-12-15)8-7-13(2)17/h1,7-12,16H,2-5H3. The van der Waals surface area contributed by atoms with Crippen LogP contribution in [0, 0.1) is 12.3 Å². The lowest BCUT2D eigenvalue weighted by Gasteiger charge is -2.25. The summed E-state index contributed by atoms with van der Waals surface area (Å²) in [6, 6.07) is 7.58. The van der Waals surface area contributed by atoms with Crippen LogP contribution in [-0.2, 0) is 4.79 Å². The van der Waals surface area contributed by atoms with Crippen LogP contribution in [-0.4, -0.2) is 19.6 Å². The summed E-state index contributed by atoms with van der Waals surface area (Å²) in [6.45, 7) is 8.07. The fraction of sp³-hybridized carbons (Fsp3) is 0.312. The highest BCUT2D eigenvalue weighted by Crippen LogP contribution is 2.18. The molecule has 0 aromatic heterocycles. The van der Waals surface area contributed by atoms with Crippen molar-refractivity contribution < 1.29 is 9.53 Å². The smallest absolute Gasteiger partial charge is 0.152 e. The first-order valence-electron chi connectivity index (χ1n) is 6.24. The maximum atomic E-state index is 10.8. The third-order valence-electron chi connectivity index (χ3n) is 2.58. The van der Waals surface area contributed by atoms with E-state index in [9.17, 15) is 4.79 Å². The molecule has 0 saturated heterocycles. The number of ketones is 1. The van der Waals surface area contributed by atoms with Crippen molar-refractivity contribution in [3.63, 3.8) is 0 Å². The average Bonchev–Trinajstić information content (AvgIpc) is 2.33. The first-order valence-corrected chi connectivity index (χ1v) is 9.82. The van der Waals surface area contributed by atoms with Gasteiger partial charge in [0.2, 0.25) is 0 Å². The summed E-state index contributed by atoms with van der Waals surface area (Å²) in [6.07, 6.45) is 8.85. The molecule has 1 aromatic carbocycles. The van der Waals surface area contributed by atoms with Gasteiger partial charge in [-0.15, -0.1) is 6.42 Å². The van der Waals surface area contributed by atoms with Crippen LogP contribution in [0.5, 0.6) is 5.75 Å². The van der Waals surface area contributed by atoms with Crippen molar-refractivity contribution in [1.82, 2.24) is 0 Å². The SMILES string of the molecule is C#CC(Oc1ccc(C=CC(C)=O)cc1)[Si](C)(C)C. The van der Waals surface area contributed by atoms with Crippen molar-refractivity contribution >= 4 is 19.9 Å². The number of ether oxygens (including phenoxy) is 1. The molecule has 0 spiro atoms. The Labute approximate surface area is 116 Å². The summed E-state index contributed by atoms with van der Waals surface area (Å²) in [5, 5.41) is 0. The molecule has 0 amide bonds. The maximum absolute atomic E-state index is 10.8. The molecule has 3 heteroatoms. The number of hydrogen-bond donors (Lipinski definition) is 0. The van der Waals surface area contributed by atoms with E-state index in [4.69, 9.17) is 11.2 Å². The molecule has 0 aliphatic carbocycles. The molecule has 1 rings (SSSR count). The lowest BCUT2D eigenvalue weighted by molar-refractivity contribution is -0.112. The number of carbonyl (C=O) groups is 1. The second kappa shape index (κ2) is 6.40. The van der Waals surface area contributed by atoms with Gasteiger partial charge in [-0.1, -0.05) is 43.8 Å². The summed E-state index contributed by atoms with van der Waals surface area (Å²) in [5.74, 6) is 3.53. The van der Waals surface area contributed by atoms with Crippen molar-refractivity contribution in [3.05, 3.63) is 35.9 Å². The monoisotopic (exact) mass is 272 g/mol. The van der Waals surface area contributed by atoms with E-state index in [-0.39, 0.29) is 11.5 Å². The van der Waals surface area contributed by atoms with E-state index < -0.39 is 8.07 Å². The second-order valence-corrected chi connectivity index (χ2v) is 10.8. The zero-order valence-corrected chi connectivity index (χ0v) is 12.9. The molecular formula is C16H20O2Si. The number of benzene rings is 1. The molecule has 19 heavy (non-hydrogen) atoms. The van der Waals surface area contributed by atoms with Gasteiger partial charge in [0.15, 0.2) is 5.78 Å². The number of hydrogen-bond acceptors (Lipinski definition) is 2. The first kappa shape index (κ1) is 15.3.